The number of likely N-dealkylation sites (N-methyl/N-ethyl adjacent to an activating group) is 1. The van der Waals surface area contributed by atoms with E-state index >= 15 is 0 Å². The topological polar surface area (TPSA) is 55.8 Å². The standard InChI is InChI=1S/C33H40NO4.ClH/c1-34(22-10-24-37-30-19-17-27(18-20-30)26-11-4-2-5-12-26)23-21-31(25-34)38-32(35)33(36,29-15-8-9-16-29)28-13-6-3-7-14-28;/h2-7,11-14,17-20,29,31,36H,8-10,15-16,21-25H2,1H3;1H/q+1;/p-1/t31-,33+,34?;/m1./s1. The minimum Gasteiger partial charge on any atom is -1.00 e. The predicted molar refractivity (Wildman–Crippen MR) is 150 cm³/mol. The number of nitrogens with zero attached hydrogens (tertiary/aromatic N) is 1. The first-order chi connectivity index (χ1) is 18.5. The van der Waals surface area contributed by atoms with Crippen LogP contribution in [0.25, 0.3) is 11.1 Å². The maximum atomic E-state index is 13.5. The van der Waals surface area contributed by atoms with E-state index in [1.54, 1.807) is 0 Å². The number of benzene rings is 3. The van der Waals surface area contributed by atoms with E-state index in [1.807, 2.05) is 60.7 Å². The fraction of sp³-hybridized carbons (Fsp3) is 0.424. The molecule has 1 saturated heterocycles. The molecule has 3 aromatic carbocycles. The summed E-state index contributed by atoms with van der Waals surface area (Å²) in [6.07, 6.45) is 5.38. The number of hydrogen-bond acceptors (Lipinski definition) is 4. The van der Waals surface area contributed by atoms with Crippen LogP contribution in [-0.2, 0) is 15.1 Å². The number of hydrogen-bond donors (Lipinski definition) is 1. The van der Waals surface area contributed by atoms with Gasteiger partial charge >= 0.3 is 5.97 Å². The molecule has 1 saturated carbocycles. The van der Waals surface area contributed by atoms with Crippen LogP contribution in [0.4, 0.5) is 0 Å². The number of carbonyl (C=O) groups excluding carboxylic acids is 1. The fourth-order valence-electron chi connectivity index (χ4n) is 6.24. The van der Waals surface area contributed by atoms with Crippen molar-refractivity contribution < 1.29 is 36.3 Å². The molecule has 0 bridgehead atoms. The van der Waals surface area contributed by atoms with Crippen molar-refractivity contribution in [2.45, 2.75) is 50.2 Å². The molecule has 1 aliphatic carbocycles. The largest absolute Gasteiger partial charge is 1.00 e. The van der Waals surface area contributed by atoms with E-state index in [1.165, 1.54) is 11.1 Å². The van der Waals surface area contributed by atoms with Crippen molar-refractivity contribution in [3.63, 3.8) is 0 Å². The normalized spacial score (nSPS) is 22.6. The average molecular weight is 550 g/mol. The van der Waals surface area contributed by atoms with E-state index in [2.05, 4.69) is 31.3 Å². The van der Waals surface area contributed by atoms with E-state index in [9.17, 15) is 9.90 Å². The van der Waals surface area contributed by atoms with Gasteiger partial charge in [-0.15, -0.1) is 0 Å². The first kappa shape index (κ1) is 29.1. The van der Waals surface area contributed by atoms with Crippen molar-refractivity contribution in [1.29, 1.82) is 0 Å². The molecule has 3 aromatic rings. The monoisotopic (exact) mass is 549 g/mol. The van der Waals surface area contributed by atoms with Crippen molar-refractivity contribution >= 4 is 5.97 Å². The minimum atomic E-state index is -1.56. The Bertz CT molecular complexity index is 1180. The van der Waals surface area contributed by atoms with Crippen molar-refractivity contribution in [2.75, 3.05) is 33.3 Å². The van der Waals surface area contributed by atoms with Gasteiger partial charge in [0.05, 0.1) is 26.7 Å². The van der Waals surface area contributed by atoms with Gasteiger partial charge in [-0.1, -0.05) is 85.6 Å². The van der Waals surface area contributed by atoms with Crippen LogP contribution in [0, 0.1) is 5.92 Å². The summed E-state index contributed by atoms with van der Waals surface area (Å²) >= 11 is 0. The SMILES string of the molecule is C[N+]1(CCCOc2ccc(-c3ccccc3)cc2)CC[C@@H](OC(=O)[C@](O)(c2ccccc2)C2CCCC2)C1.[Cl-]. The zero-order valence-electron chi connectivity index (χ0n) is 22.8. The number of quaternary nitrogens is 1. The summed E-state index contributed by atoms with van der Waals surface area (Å²) in [5.41, 5.74) is 1.47. The molecule has 0 radical (unpaired) electrons. The van der Waals surface area contributed by atoms with Gasteiger partial charge < -0.3 is 31.5 Å². The lowest BCUT2D eigenvalue weighted by molar-refractivity contribution is -0.899. The molecular formula is C33H40ClNO4. The Kier molecular flexibility index (Phi) is 9.71. The van der Waals surface area contributed by atoms with E-state index < -0.39 is 11.6 Å². The lowest BCUT2D eigenvalue weighted by atomic mass is 9.80. The van der Waals surface area contributed by atoms with Gasteiger partial charge in [-0.3, -0.25) is 0 Å². The third kappa shape index (κ3) is 6.84. The summed E-state index contributed by atoms with van der Waals surface area (Å²) in [5, 5.41) is 11.7. The summed E-state index contributed by atoms with van der Waals surface area (Å²) < 4.78 is 12.9. The van der Waals surface area contributed by atoms with Crippen molar-refractivity contribution in [2.24, 2.45) is 5.92 Å². The summed E-state index contributed by atoms with van der Waals surface area (Å²) in [5.74, 6) is 0.322. The molecule has 2 aliphatic rings. The molecule has 6 heteroatoms. The van der Waals surface area contributed by atoms with E-state index in [0.29, 0.717) is 12.2 Å². The molecule has 0 spiro atoms. The van der Waals surface area contributed by atoms with Crippen molar-refractivity contribution in [3.05, 3.63) is 90.5 Å². The smallest absolute Gasteiger partial charge is 0.343 e. The number of carbonyl (C=O) groups is 1. The summed E-state index contributed by atoms with van der Waals surface area (Å²) in [7, 11) is 2.23. The molecule has 208 valence electrons. The summed E-state index contributed by atoms with van der Waals surface area (Å²) in [6.45, 7) is 3.34. The van der Waals surface area contributed by atoms with Crippen LogP contribution in [0.3, 0.4) is 0 Å². The third-order valence-electron chi connectivity index (χ3n) is 8.45. The first-order valence-electron chi connectivity index (χ1n) is 14.1. The van der Waals surface area contributed by atoms with Crippen LogP contribution in [0.5, 0.6) is 5.75 Å². The van der Waals surface area contributed by atoms with Crippen LogP contribution in [-0.4, -0.2) is 55.0 Å². The number of rotatable bonds is 10. The van der Waals surface area contributed by atoms with Crippen LogP contribution in [0.15, 0.2) is 84.9 Å². The maximum Gasteiger partial charge on any atom is 0.343 e. The van der Waals surface area contributed by atoms with Crippen LogP contribution < -0.4 is 17.1 Å². The average Bonchev–Trinajstić information content (AvgIpc) is 3.63. The van der Waals surface area contributed by atoms with Gasteiger partial charge in [0.25, 0.3) is 0 Å². The molecule has 0 amide bonds. The molecule has 1 N–H and O–H groups in total. The van der Waals surface area contributed by atoms with Gasteiger partial charge in [0.15, 0.2) is 11.7 Å². The molecule has 5 rings (SSSR count). The molecule has 5 nitrogen and oxygen atoms in total. The molecule has 39 heavy (non-hydrogen) atoms. The quantitative estimate of drug-likeness (QED) is 0.240. The Morgan fingerprint density at radius 2 is 1.51 bits per heavy atom. The number of halogens is 1. The Labute approximate surface area is 238 Å². The molecular weight excluding hydrogens is 510 g/mol. The molecule has 2 fully saturated rings. The maximum absolute atomic E-state index is 13.5. The number of likely N-dealkylation sites (tertiary alicyclic amines) is 1. The predicted octanol–water partition coefficient (Wildman–Crippen LogP) is 2.97. The van der Waals surface area contributed by atoms with Crippen LogP contribution >= 0.6 is 0 Å². The highest BCUT2D eigenvalue weighted by Crippen LogP contribution is 2.42. The minimum absolute atomic E-state index is 0. The van der Waals surface area contributed by atoms with Crippen molar-refractivity contribution in [3.8, 4) is 16.9 Å². The van der Waals surface area contributed by atoms with E-state index in [4.69, 9.17) is 9.47 Å². The summed E-state index contributed by atoms with van der Waals surface area (Å²) in [4.78, 5) is 13.5. The Balaban J connectivity index is 0.00000353. The van der Waals surface area contributed by atoms with Gasteiger partial charge in [0, 0.05) is 18.8 Å². The van der Waals surface area contributed by atoms with Crippen LogP contribution in [0.2, 0.25) is 0 Å². The van der Waals surface area contributed by atoms with Gasteiger partial charge in [0.1, 0.15) is 12.3 Å². The lowest BCUT2D eigenvalue weighted by Gasteiger charge is -2.33. The second kappa shape index (κ2) is 13.0. The van der Waals surface area contributed by atoms with Gasteiger partial charge in [-0.05, 0) is 41.7 Å². The Hall–Kier alpha value is -2.86. The van der Waals surface area contributed by atoms with Crippen LogP contribution in [0.1, 0.15) is 44.1 Å². The highest BCUT2D eigenvalue weighted by Gasteiger charge is 2.49. The van der Waals surface area contributed by atoms with E-state index in [-0.39, 0.29) is 24.4 Å². The van der Waals surface area contributed by atoms with E-state index in [0.717, 1.165) is 68.4 Å². The number of ether oxygens (including phenoxy) is 2. The zero-order valence-corrected chi connectivity index (χ0v) is 23.6. The fourth-order valence-corrected chi connectivity index (χ4v) is 6.24. The Morgan fingerprint density at radius 3 is 2.18 bits per heavy atom. The third-order valence-corrected chi connectivity index (χ3v) is 8.45. The molecule has 1 heterocycles. The Morgan fingerprint density at radius 1 is 0.897 bits per heavy atom. The molecule has 1 aliphatic heterocycles. The molecule has 3 atom stereocenters. The highest BCUT2D eigenvalue weighted by atomic mass is 35.5. The first-order valence-corrected chi connectivity index (χ1v) is 14.1. The van der Waals surface area contributed by atoms with Crippen molar-refractivity contribution in [1.82, 2.24) is 0 Å². The second-order valence-corrected chi connectivity index (χ2v) is 11.3. The second-order valence-electron chi connectivity index (χ2n) is 11.3. The lowest BCUT2D eigenvalue weighted by Crippen LogP contribution is -3.00. The van der Waals surface area contributed by atoms with Gasteiger partial charge in [0.2, 0.25) is 0 Å². The summed E-state index contributed by atoms with van der Waals surface area (Å²) in [6, 6.07) is 28.0. The number of esters is 1. The molecule has 1 unspecified atom stereocenters. The number of aliphatic hydroxyl groups is 1. The zero-order chi connectivity index (χ0) is 26.4. The highest BCUT2D eigenvalue weighted by molar-refractivity contribution is 5.81. The van der Waals surface area contributed by atoms with Gasteiger partial charge in [-0.25, -0.2) is 4.79 Å². The van der Waals surface area contributed by atoms with Gasteiger partial charge in [-0.2, -0.15) is 0 Å². The molecule has 0 aromatic heterocycles.